The van der Waals surface area contributed by atoms with Gasteiger partial charge in [-0.1, -0.05) is 80.1 Å². The van der Waals surface area contributed by atoms with Crippen molar-refractivity contribution in [2.24, 2.45) is 0 Å². The highest BCUT2D eigenvalue weighted by Crippen LogP contribution is 2.48. The van der Waals surface area contributed by atoms with Crippen molar-refractivity contribution >= 4 is 44.1 Å². The molecule has 0 spiro atoms. The van der Waals surface area contributed by atoms with Crippen LogP contribution in [0.3, 0.4) is 0 Å². The summed E-state index contributed by atoms with van der Waals surface area (Å²) in [4.78, 5) is 39.1. The molecule has 147 heavy (non-hydrogen) atoms. The first kappa shape index (κ1) is 110. The quantitative estimate of drug-likeness (QED) is 0.0222. The van der Waals surface area contributed by atoms with E-state index in [1.165, 1.54) is 6.07 Å². The second-order valence-electron chi connectivity index (χ2n) is 37.8. The summed E-state index contributed by atoms with van der Waals surface area (Å²) < 4.78 is 130. The maximum Gasteiger partial charge on any atom is 0.187 e. The molecule has 22 bridgehead atoms. The molecule has 23 aliphatic rings. The minimum Gasteiger partial charge on any atom is -0.491 e. The van der Waals surface area contributed by atoms with Crippen LogP contribution >= 0.6 is 0 Å². The van der Waals surface area contributed by atoms with E-state index in [2.05, 4.69) is 44.6 Å². The van der Waals surface area contributed by atoms with Gasteiger partial charge in [0.2, 0.25) is 0 Å². The van der Waals surface area contributed by atoms with E-state index in [1.807, 2.05) is 43.3 Å². The lowest BCUT2D eigenvalue weighted by Crippen LogP contribution is -2.68. The molecule has 4 aromatic carbocycles. The summed E-state index contributed by atoms with van der Waals surface area (Å²) in [5.41, 5.74) is 2.80. The molecule has 812 valence electrons. The van der Waals surface area contributed by atoms with Crippen molar-refractivity contribution in [2.75, 3.05) is 85.9 Å². The minimum absolute atomic E-state index is 0.0103. The molecule has 7 aromatic rings. The molecule has 21 saturated heterocycles. The number of rotatable bonds is 33. The van der Waals surface area contributed by atoms with E-state index in [9.17, 15) is 102 Å². The maximum atomic E-state index is 12.7. The third-order valence-electron chi connectivity index (χ3n) is 27.5. The largest absolute Gasteiger partial charge is 0.491 e. The molecular formula is C98H134N8O41. The van der Waals surface area contributed by atoms with Crippen LogP contribution in [0, 0.1) is 0 Å². The highest BCUT2D eigenvalue weighted by atomic mass is 16.8. The summed E-state index contributed by atoms with van der Waals surface area (Å²) >= 11 is 0. The van der Waals surface area contributed by atoms with Crippen molar-refractivity contribution in [3.8, 4) is 85.8 Å². The lowest BCUT2D eigenvalue weighted by molar-refractivity contribution is -0.396. The standard InChI is InChI=1S/C98H134N8O41/c1-7-13-21-127-50-28-44-45(29-51(50)128-22-14-8-2)88-102-86(44)100-84-42-20-19-41(27-43(42)85(99-84)101-87-46-30-52(129-23-15-9-3)53(130-24-16-10-4)31-47(46)89(103-87)105-91-49-33-55(132-26-18-12-6)54(131-25-17-11-5)32-48(49)90(104-88)106-91)133-40-62-83-69(119)76(126)98(140-62)146-82-61(39-112)138-96(74(124)67(82)117)144-80-59(37-110)136-94(72(122)65(80)115)142-78-57(35-108)134-92(70(120)63(78)113)141-77-56(34-107)135-93(71(121)64(77)114)143-79-58(36-109)137-95(73(123)66(79)116)145-81-60(38-111)139-97(147-83)75(125)68(81)118/h19-20,27-33,56-83,92-98,107-126H,7-18,21-26,34-40H2,1-6H3,(H2,99,100,101,102,103,104,105,106)/t56-,57-,58-,59-,60-,61-,62-,63-,64-,65-,66-,67-,68-,69-,70-,71-,72-,73-,74-,75-,76-,77-,78-,79-,80-,81-,82-,83-,92-,93-,94-,95-,96-,97-,98-/m1/s1. The van der Waals surface area contributed by atoms with E-state index < -0.39 is 261 Å². The molecule has 3 aromatic heterocycles. The predicted octanol–water partition coefficient (Wildman–Crippen LogP) is -0.888. The number of hydrogen-bond acceptors (Lipinski definition) is 47. The number of aromatic nitrogens is 8. The van der Waals surface area contributed by atoms with Gasteiger partial charge in [0.05, 0.1) is 79.3 Å². The van der Waals surface area contributed by atoms with E-state index >= 15 is 0 Å². The van der Waals surface area contributed by atoms with Crippen LogP contribution in [-0.4, -0.2) is 443 Å². The van der Waals surface area contributed by atoms with Gasteiger partial charge in [-0.15, -0.1) is 0 Å². The molecule has 49 nitrogen and oxygen atoms in total. The number of benzene rings is 4. The van der Waals surface area contributed by atoms with Gasteiger partial charge in [0.25, 0.3) is 0 Å². The number of nitrogens with zero attached hydrogens (tertiary/aromatic N) is 6. The molecule has 49 heteroatoms. The zero-order valence-corrected chi connectivity index (χ0v) is 81.8. The van der Waals surface area contributed by atoms with Gasteiger partial charge >= 0.3 is 0 Å². The molecule has 0 unspecified atom stereocenters. The molecular weight excluding hydrogens is 1950 g/mol. The topological polar surface area (TPSA) is 707 Å². The van der Waals surface area contributed by atoms with Crippen LogP contribution in [0.4, 0.5) is 0 Å². The number of nitrogens with one attached hydrogen (secondary N) is 2. The summed E-state index contributed by atoms with van der Waals surface area (Å²) in [5, 5.41) is 235. The van der Waals surface area contributed by atoms with Gasteiger partial charge in [0.15, 0.2) is 102 Å². The molecule has 0 saturated carbocycles. The Labute approximate surface area is 841 Å². The van der Waals surface area contributed by atoms with E-state index in [0.29, 0.717) is 131 Å². The average molecular weight is 2080 g/mol. The third kappa shape index (κ3) is 23.0. The predicted molar refractivity (Wildman–Crippen MR) is 505 cm³/mol. The molecule has 30 rings (SSSR count). The molecule has 23 aliphatic heterocycles. The van der Waals surface area contributed by atoms with Crippen LogP contribution in [0.15, 0.2) is 54.6 Å². The van der Waals surface area contributed by atoms with Gasteiger partial charge in [0, 0.05) is 43.8 Å². The highest BCUT2D eigenvalue weighted by Gasteiger charge is 2.60. The Kier molecular flexibility index (Phi) is 36.6. The molecule has 26 heterocycles. The first-order valence-electron chi connectivity index (χ1n) is 50.4. The Morgan fingerprint density at radius 2 is 0.435 bits per heavy atom. The number of aliphatic hydroxyl groups excluding tert-OH is 20. The first-order chi connectivity index (χ1) is 71.1. The van der Waals surface area contributed by atoms with Crippen molar-refractivity contribution in [2.45, 2.75) is 334 Å². The van der Waals surface area contributed by atoms with Gasteiger partial charge in [-0.2, -0.15) is 0 Å². The Morgan fingerprint density at radius 1 is 0.231 bits per heavy atom. The second kappa shape index (κ2) is 49.1. The van der Waals surface area contributed by atoms with Crippen molar-refractivity contribution < 1.29 is 202 Å². The summed E-state index contributed by atoms with van der Waals surface area (Å²) in [7, 11) is 0. The summed E-state index contributed by atoms with van der Waals surface area (Å²) in [6, 6.07) is 15.8. The van der Waals surface area contributed by atoms with Gasteiger partial charge < -0.3 is 212 Å². The van der Waals surface area contributed by atoms with E-state index in [0.717, 1.165) is 64.2 Å². The van der Waals surface area contributed by atoms with Crippen LogP contribution in [0.1, 0.15) is 119 Å². The zero-order valence-electron chi connectivity index (χ0n) is 81.8. The van der Waals surface area contributed by atoms with Gasteiger partial charge in [0.1, 0.15) is 206 Å². The van der Waals surface area contributed by atoms with Crippen LogP contribution in [0.5, 0.6) is 40.2 Å². The van der Waals surface area contributed by atoms with E-state index in [-0.39, 0.29) is 51.6 Å². The lowest BCUT2D eigenvalue weighted by Gasteiger charge is -2.50. The summed E-state index contributed by atoms with van der Waals surface area (Å²) in [6.45, 7) is 7.08. The molecule has 22 N–H and O–H groups in total. The number of fused-ring (bicyclic) bond motifs is 20. The van der Waals surface area contributed by atoms with Gasteiger partial charge in [-0.25, -0.2) is 29.9 Å². The Balaban J connectivity index is 0.763. The van der Waals surface area contributed by atoms with Gasteiger partial charge in [-0.3, -0.25) is 0 Å². The Hall–Kier alpha value is -8.52. The molecule has 0 radical (unpaired) electrons. The fraction of sp³-hybridized carbons (Fsp3) is 0.673. The molecule has 35 atom stereocenters. The third-order valence-corrected chi connectivity index (χ3v) is 27.5. The number of aromatic amines is 2. The summed E-state index contributed by atoms with van der Waals surface area (Å²) in [6.07, 6.45) is -64.2. The van der Waals surface area contributed by atoms with Gasteiger partial charge in [-0.05, 0) is 93.1 Å². The number of hydrogen-bond donors (Lipinski definition) is 22. The van der Waals surface area contributed by atoms with Crippen molar-refractivity contribution in [1.29, 1.82) is 0 Å². The second-order valence-corrected chi connectivity index (χ2v) is 37.8. The number of aliphatic hydroxyl groups is 20. The maximum absolute atomic E-state index is 12.7. The number of H-pyrrole nitrogens is 2. The fourth-order valence-corrected chi connectivity index (χ4v) is 19.1. The van der Waals surface area contributed by atoms with E-state index in [1.54, 1.807) is 12.1 Å². The number of ether oxygens (including phenoxy) is 21. The first-order valence-corrected chi connectivity index (χ1v) is 50.4. The number of unbranched alkanes of at least 4 members (excludes halogenated alkanes) is 6. The molecule has 0 aliphatic carbocycles. The zero-order chi connectivity index (χ0) is 104. The van der Waals surface area contributed by atoms with Crippen molar-refractivity contribution in [1.82, 2.24) is 39.9 Å². The smallest absolute Gasteiger partial charge is 0.187 e. The average Bonchev–Trinajstić information content (AvgIpc) is 1.61. The van der Waals surface area contributed by atoms with Crippen LogP contribution in [0.25, 0.3) is 89.7 Å². The molecule has 0 amide bonds. The van der Waals surface area contributed by atoms with Crippen LogP contribution in [0.2, 0.25) is 0 Å². The SMILES string of the molecule is CCCCOc1cc2c(cc1OCCCC)-c1nc-2nc2[nH]c(nc3nc(nc4[nH]c(n1)c1cc(OCCCC)c(OCCCC)cc41)-c1cc(OC[C@H]4O[C@@H]5O[C@H]6[C@H](O)[C@@H](O)[C@@H](O[C@H]7[C@H](O)[C@@H](O)[C@@H](O[C@H]8[C@H](O)[C@@H](O)[C@@H](O[C@H]9[C@H](O)[C@@H](O)[C@@H](O[C@H]%10[C@H](O)[C@@H](O)[C@@H](O[C@H]%11[C@H](O)[C@@H](O)[C@@H](O[C@H]4[C@H](O)[C@H]5O)O[C@@H]%11CO)O[C@@H]%10CO)O[C@@H]9CO)O[C@@H]8CO)O[C@@H]7CO)O[C@@H]6CO)ccc1-3)c1cc(OCCCC)c(OCCCC)cc21. The molecule has 21 fully saturated rings. The summed E-state index contributed by atoms with van der Waals surface area (Å²) in [5.74, 6) is 3.24. The van der Waals surface area contributed by atoms with Crippen LogP contribution in [-0.2, 0) is 66.3 Å². The van der Waals surface area contributed by atoms with Crippen molar-refractivity contribution in [3.05, 3.63) is 54.6 Å². The van der Waals surface area contributed by atoms with Crippen LogP contribution < -0.4 is 33.2 Å². The Bertz CT molecular complexity index is 5690. The Morgan fingerprint density at radius 3 is 0.660 bits per heavy atom. The van der Waals surface area contributed by atoms with Crippen molar-refractivity contribution in [3.63, 3.8) is 0 Å². The van der Waals surface area contributed by atoms with E-state index in [4.69, 9.17) is 129 Å². The monoisotopic (exact) mass is 2080 g/mol. The highest BCUT2D eigenvalue weighted by molar-refractivity contribution is 6.08. The minimum atomic E-state index is -2.36. The normalized spacial score (nSPS) is 34.7. The fourth-order valence-electron chi connectivity index (χ4n) is 19.1. The lowest BCUT2D eigenvalue weighted by atomic mass is 9.95.